The first-order chi connectivity index (χ1) is 8.69. The van der Waals surface area contributed by atoms with Crippen LogP contribution in [0.15, 0.2) is 11.4 Å². The average molecular weight is 284 g/mol. The molecular formula is C13H20N2OS2. The number of thiophene rings is 1. The van der Waals surface area contributed by atoms with E-state index in [4.69, 9.17) is 0 Å². The van der Waals surface area contributed by atoms with E-state index in [1.807, 2.05) is 11.8 Å². The van der Waals surface area contributed by atoms with Gasteiger partial charge >= 0.3 is 6.03 Å². The Hall–Kier alpha value is -0.680. The summed E-state index contributed by atoms with van der Waals surface area (Å²) in [5, 5.41) is 8.78. The third kappa shape index (κ3) is 3.65. The highest BCUT2D eigenvalue weighted by Crippen LogP contribution is 2.28. The lowest BCUT2D eigenvalue weighted by atomic mass is 10.2. The van der Waals surface area contributed by atoms with Gasteiger partial charge in [0, 0.05) is 16.2 Å². The summed E-state index contributed by atoms with van der Waals surface area (Å²) in [6, 6.07) is 2.40. The molecule has 0 bridgehead atoms. The monoisotopic (exact) mass is 284 g/mol. The van der Waals surface area contributed by atoms with E-state index in [0.717, 1.165) is 18.1 Å². The highest BCUT2D eigenvalue weighted by molar-refractivity contribution is 7.99. The van der Waals surface area contributed by atoms with E-state index >= 15 is 0 Å². The Kier molecular flexibility index (Phi) is 4.95. The number of carbonyl (C=O) groups is 1. The molecule has 0 spiro atoms. The van der Waals surface area contributed by atoms with E-state index < -0.39 is 0 Å². The first kappa shape index (κ1) is 13.7. The van der Waals surface area contributed by atoms with E-state index in [-0.39, 0.29) is 6.03 Å². The first-order valence-electron chi connectivity index (χ1n) is 6.29. The van der Waals surface area contributed by atoms with Gasteiger partial charge in [-0.2, -0.15) is 11.8 Å². The van der Waals surface area contributed by atoms with Crippen LogP contribution in [0.1, 0.15) is 29.7 Å². The van der Waals surface area contributed by atoms with Crippen LogP contribution in [0.3, 0.4) is 0 Å². The van der Waals surface area contributed by atoms with Gasteiger partial charge in [-0.15, -0.1) is 11.3 Å². The van der Waals surface area contributed by atoms with Crippen LogP contribution in [0.2, 0.25) is 0 Å². The number of hydrogen-bond acceptors (Lipinski definition) is 3. The fourth-order valence-corrected chi connectivity index (χ4v) is 3.91. The number of hydrogen-bond donors (Lipinski definition) is 2. The van der Waals surface area contributed by atoms with Gasteiger partial charge in [-0.1, -0.05) is 0 Å². The van der Waals surface area contributed by atoms with Crippen molar-refractivity contribution in [2.45, 2.75) is 44.0 Å². The molecule has 1 aromatic rings. The Morgan fingerprint density at radius 3 is 3.00 bits per heavy atom. The fourth-order valence-electron chi connectivity index (χ4n) is 2.27. The van der Waals surface area contributed by atoms with Crippen molar-refractivity contribution in [2.24, 2.45) is 0 Å². The summed E-state index contributed by atoms with van der Waals surface area (Å²) in [4.78, 5) is 13.0. The molecule has 0 unspecified atom stereocenters. The molecule has 2 amide bonds. The summed E-state index contributed by atoms with van der Waals surface area (Å²) in [7, 11) is 0. The van der Waals surface area contributed by atoms with Crippen molar-refractivity contribution in [3.05, 3.63) is 21.9 Å². The molecule has 0 aliphatic heterocycles. The average Bonchev–Trinajstić information content (AvgIpc) is 2.96. The summed E-state index contributed by atoms with van der Waals surface area (Å²) >= 11 is 3.60. The topological polar surface area (TPSA) is 41.1 Å². The third-order valence-corrected chi connectivity index (χ3v) is 5.55. The van der Waals surface area contributed by atoms with Gasteiger partial charge in [-0.25, -0.2) is 4.79 Å². The van der Waals surface area contributed by atoms with Crippen molar-refractivity contribution in [1.29, 1.82) is 0 Å². The van der Waals surface area contributed by atoms with Crippen molar-refractivity contribution in [3.8, 4) is 0 Å². The van der Waals surface area contributed by atoms with Gasteiger partial charge in [0.2, 0.25) is 0 Å². The molecule has 3 nitrogen and oxygen atoms in total. The lowest BCUT2D eigenvalue weighted by Crippen LogP contribution is -2.40. The second-order valence-electron chi connectivity index (χ2n) is 4.72. The molecule has 1 saturated carbocycles. The Morgan fingerprint density at radius 1 is 1.56 bits per heavy atom. The van der Waals surface area contributed by atoms with Gasteiger partial charge in [0.1, 0.15) is 0 Å². The molecule has 1 aromatic heterocycles. The molecule has 0 aromatic carbocycles. The molecule has 100 valence electrons. The number of amides is 2. The SMILES string of the molecule is CS[C@@H]1CC[C@@H](NC(=O)NCc2sccc2C)C1. The molecule has 1 aliphatic carbocycles. The van der Waals surface area contributed by atoms with E-state index in [9.17, 15) is 4.79 Å². The molecule has 5 heteroatoms. The maximum Gasteiger partial charge on any atom is 0.315 e. The predicted octanol–water partition coefficient (Wildman–Crippen LogP) is 3.14. The largest absolute Gasteiger partial charge is 0.335 e. The fraction of sp³-hybridized carbons (Fsp3) is 0.615. The van der Waals surface area contributed by atoms with Crippen molar-refractivity contribution >= 4 is 29.1 Å². The minimum absolute atomic E-state index is 0.0328. The molecule has 1 heterocycles. The Morgan fingerprint density at radius 2 is 2.39 bits per heavy atom. The Labute approximate surface area is 117 Å². The second-order valence-corrected chi connectivity index (χ2v) is 6.86. The van der Waals surface area contributed by atoms with Crippen molar-refractivity contribution in [1.82, 2.24) is 10.6 Å². The minimum atomic E-state index is -0.0328. The zero-order valence-corrected chi connectivity index (χ0v) is 12.5. The summed E-state index contributed by atoms with van der Waals surface area (Å²) in [5.74, 6) is 0. The van der Waals surface area contributed by atoms with E-state index in [1.165, 1.54) is 16.9 Å². The lowest BCUT2D eigenvalue weighted by molar-refractivity contribution is 0.237. The standard InChI is InChI=1S/C13H20N2OS2/c1-9-5-6-18-12(9)8-14-13(16)15-10-3-4-11(7-10)17-2/h5-6,10-11H,3-4,7-8H2,1-2H3,(H2,14,15,16)/t10-,11-/m1/s1. The number of rotatable bonds is 4. The number of nitrogens with one attached hydrogen (secondary N) is 2. The minimum Gasteiger partial charge on any atom is -0.335 e. The van der Waals surface area contributed by atoms with Crippen LogP contribution < -0.4 is 10.6 Å². The first-order valence-corrected chi connectivity index (χ1v) is 8.46. The van der Waals surface area contributed by atoms with Crippen molar-refractivity contribution in [3.63, 3.8) is 0 Å². The summed E-state index contributed by atoms with van der Waals surface area (Å²) < 4.78 is 0. The summed E-state index contributed by atoms with van der Waals surface area (Å²) in [5.41, 5.74) is 1.25. The van der Waals surface area contributed by atoms with Crippen LogP contribution in [0.4, 0.5) is 4.79 Å². The number of thioether (sulfide) groups is 1. The van der Waals surface area contributed by atoms with Gasteiger partial charge in [0.15, 0.2) is 0 Å². The molecule has 1 fully saturated rings. The number of carbonyl (C=O) groups excluding carboxylic acids is 1. The molecule has 18 heavy (non-hydrogen) atoms. The molecule has 0 radical (unpaired) electrons. The van der Waals surface area contributed by atoms with E-state index in [1.54, 1.807) is 11.3 Å². The quantitative estimate of drug-likeness (QED) is 0.892. The smallest absolute Gasteiger partial charge is 0.315 e. The van der Waals surface area contributed by atoms with Gasteiger partial charge in [-0.05, 0) is 49.5 Å². The molecule has 2 N–H and O–H groups in total. The predicted molar refractivity (Wildman–Crippen MR) is 79.4 cm³/mol. The Balaban J connectivity index is 1.71. The van der Waals surface area contributed by atoms with E-state index in [2.05, 4.69) is 35.3 Å². The number of aryl methyl sites for hydroxylation is 1. The van der Waals surface area contributed by atoms with Crippen LogP contribution in [0.5, 0.6) is 0 Å². The zero-order valence-electron chi connectivity index (χ0n) is 10.9. The number of urea groups is 1. The van der Waals surface area contributed by atoms with Crippen LogP contribution in [-0.4, -0.2) is 23.6 Å². The third-order valence-electron chi connectivity index (χ3n) is 3.43. The summed E-state index contributed by atoms with van der Waals surface area (Å²) in [6.45, 7) is 2.71. The maximum absolute atomic E-state index is 11.8. The van der Waals surface area contributed by atoms with Crippen LogP contribution in [-0.2, 0) is 6.54 Å². The van der Waals surface area contributed by atoms with Crippen LogP contribution >= 0.6 is 23.1 Å². The molecular weight excluding hydrogens is 264 g/mol. The molecule has 2 rings (SSSR count). The molecule has 0 saturated heterocycles. The second kappa shape index (κ2) is 6.48. The van der Waals surface area contributed by atoms with Gasteiger partial charge in [0.25, 0.3) is 0 Å². The zero-order chi connectivity index (χ0) is 13.0. The normalized spacial score (nSPS) is 23.0. The highest BCUT2D eigenvalue weighted by atomic mass is 32.2. The van der Waals surface area contributed by atoms with Crippen molar-refractivity contribution < 1.29 is 4.79 Å². The highest BCUT2D eigenvalue weighted by Gasteiger charge is 2.24. The molecule has 2 atom stereocenters. The lowest BCUT2D eigenvalue weighted by Gasteiger charge is -2.13. The van der Waals surface area contributed by atoms with Gasteiger partial charge in [-0.3, -0.25) is 0 Å². The van der Waals surface area contributed by atoms with Gasteiger partial charge < -0.3 is 10.6 Å². The van der Waals surface area contributed by atoms with E-state index in [0.29, 0.717) is 12.6 Å². The maximum atomic E-state index is 11.8. The van der Waals surface area contributed by atoms with Crippen LogP contribution in [0, 0.1) is 6.92 Å². The molecule has 1 aliphatic rings. The summed E-state index contributed by atoms with van der Waals surface area (Å²) in [6.07, 6.45) is 5.58. The van der Waals surface area contributed by atoms with Crippen molar-refractivity contribution in [2.75, 3.05) is 6.26 Å². The van der Waals surface area contributed by atoms with Gasteiger partial charge in [0.05, 0.1) is 6.54 Å². The Bertz CT molecular complexity index is 405. The van der Waals surface area contributed by atoms with Crippen LogP contribution in [0.25, 0.3) is 0 Å².